The molecule has 0 unspecified atom stereocenters. The van der Waals surface area contributed by atoms with Crippen molar-refractivity contribution in [1.82, 2.24) is 0 Å². The normalized spacial score (nSPS) is 10.9. The van der Waals surface area contributed by atoms with Crippen molar-refractivity contribution in [2.45, 2.75) is 13.8 Å². The van der Waals surface area contributed by atoms with Gasteiger partial charge in [0.2, 0.25) is 5.78 Å². The minimum Gasteiger partial charge on any atom is -0.484 e. The highest BCUT2D eigenvalue weighted by Crippen LogP contribution is 2.33. The number of amides is 1. The number of ketones is 1. The molecule has 4 rings (SSSR count). The van der Waals surface area contributed by atoms with Crippen molar-refractivity contribution in [1.29, 1.82) is 0 Å². The van der Waals surface area contributed by atoms with E-state index in [1.807, 2.05) is 6.92 Å². The van der Waals surface area contributed by atoms with Crippen LogP contribution in [0, 0.1) is 19.7 Å². The average Bonchev–Trinajstić information content (AvgIpc) is 3.14. The summed E-state index contributed by atoms with van der Waals surface area (Å²) in [7, 11) is 0. The standard InChI is InChI=1S/C25H19ClFNO4/c1-14-7-8-16(12-20(14)27)24(30)25-23(18-5-3-4-6-21(18)32-25)28-22(29)13-31-17-9-10-19(26)15(2)11-17/h3-12H,13H2,1-2H3,(H,28,29). The molecule has 1 N–H and O–H groups in total. The van der Waals surface area contributed by atoms with E-state index in [2.05, 4.69) is 5.32 Å². The van der Waals surface area contributed by atoms with Gasteiger partial charge in [0.15, 0.2) is 12.4 Å². The predicted octanol–water partition coefficient (Wildman–Crippen LogP) is 6.09. The molecule has 0 saturated carbocycles. The summed E-state index contributed by atoms with van der Waals surface area (Å²) in [4.78, 5) is 25.7. The third-order valence-electron chi connectivity index (χ3n) is 5.00. The highest BCUT2D eigenvalue weighted by molar-refractivity contribution is 6.31. The van der Waals surface area contributed by atoms with Gasteiger partial charge in [-0.2, -0.15) is 0 Å². The lowest BCUT2D eigenvalue weighted by Crippen LogP contribution is -2.21. The first-order valence-corrected chi connectivity index (χ1v) is 10.2. The zero-order chi connectivity index (χ0) is 22.8. The first kappa shape index (κ1) is 21.6. The molecule has 0 atom stereocenters. The quantitative estimate of drug-likeness (QED) is 0.360. The van der Waals surface area contributed by atoms with Crippen LogP contribution in [0.4, 0.5) is 10.1 Å². The van der Waals surface area contributed by atoms with Crippen molar-refractivity contribution in [3.8, 4) is 5.75 Å². The fraction of sp³-hybridized carbons (Fsp3) is 0.120. The summed E-state index contributed by atoms with van der Waals surface area (Å²) < 4.78 is 25.3. The molecule has 0 bridgehead atoms. The largest absolute Gasteiger partial charge is 0.484 e. The van der Waals surface area contributed by atoms with Crippen LogP contribution in [-0.4, -0.2) is 18.3 Å². The number of anilines is 1. The van der Waals surface area contributed by atoms with Gasteiger partial charge in [-0.05, 0) is 61.4 Å². The second-order valence-corrected chi connectivity index (χ2v) is 7.75. The Hall–Kier alpha value is -3.64. The van der Waals surface area contributed by atoms with Crippen molar-refractivity contribution >= 4 is 39.9 Å². The Morgan fingerprint density at radius 1 is 1.03 bits per heavy atom. The lowest BCUT2D eigenvalue weighted by atomic mass is 10.0. The number of benzene rings is 3. The van der Waals surface area contributed by atoms with E-state index in [0.717, 1.165) is 11.6 Å². The highest BCUT2D eigenvalue weighted by Gasteiger charge is 2.24. The smallest absolute Gasteiger partial charge is 0.262 e. The second-order valence-electron chi connectivity index (χ2n) is 7.34. The highest BCUT2D eigenvalue weighted by atomic mass is 35.5. The van der Waals surface area contributed by atoms with E-state index < -0.39 is 17.5 Å². The van der Waals surface area contributed by atoms with Gasteiger partial charge in [-0.1, -0.05) is 35.9 Å². The van der Waals surface area contributed by atoms with Crippen LogP contribution in [0.2, 0.25) is 5.02 Å². The van der Waals surface area contributed by atoms with Crippen LogP contribution in [0.25, 0.3) is 11.0 Å². The maximum atomic E-state index is 14.0. The van der Waals surface area contributed by atoms with Gasteiger partial charge in [0.1, 0.15) is 17.1 Å². The summed E-state index contributed by atoms with van der Waals surface area (Å²) in [6.07, 6.45) is 0. The van der Waals surface area contributed by atoms with Gasteiger partial charge >= 0.3 is 0 Å². The number of aryl methyl sites for hydroxylation is 2. The van der Waals surface area contributed by atoms with Crippen LogP contribution in [-0.2, 0) is 4.79 Å². The molecule has 7 heteroatoms. The van der Waals surface area contributed by atoms with Gasteiger partial charge in [0.25, 0.3) is 5.91 Å². The molecule has 1 heterocycles. The van der Waals surface area contributed by atoms with Gasteiger partial charge in [0.05, 0.1) is 5.69 Å². The summed E-state index contributed by atoms with van der Waals surface area (Å²) in [6.45, 7) is 3.16. The predicted molar refractivity (Wildman–Crippen MR) is 121 cm³/mol. The molecule has 0 aliphatic heterocycles. The summed E-state index contributed by atoms with van der Waals surface area (Å²) >= 11 is 6.01. The summed E-state index contributed by atoms with van der Waals surface area (Å²) in [5.41, 5.74) is 2.01. The molecule has 0 aliphatic carbocycles. The molecule has 5 nitrogen and oxygen atoms in total. The van der Waals surface area contributed by atoms with Crippen LogP contribution >= 0.6 is 11.6 Å². The number of rotatable bonds is 6. The van der Waals surface area contributed by atoms with Crippen LogP contribution < -0.4 is 10.1 Å². The van der Waals surface area contributed by atoms with Gasteiger partial charge in [0, 0.05) is 16.0 Å². The Morgan fingerprint density at radius 3 is 2.56 bits per heavy atom. The van der Waals surface area contributed by atoms with Gasteiger partial charge in [-0.25, -0.2) is 4.39 Å². The summed E-state index contributed by atoms with van der Waals surface area (Å²) in [5, 5.41) is 3.86. The number of carbonyl (C=O) groups is 2. The van der Waals surface area contributed by atoms with Crippen LogP contribution in [0.15, 0.2) is 65.1 Å². The van der Waals surface area contributed by atoms with E-state index in [4.69, 9.17) is 20.8 Å². The van der Waals surface area contributed by atoms with Crippen LogP contribution in [0.1, 0.15) is 27.2 Å². The molecule has 1 aromatic heterocycles. The number of carbonyl (C=O) groups excluding carboxylic acids is 2. The van der Waals surface area contributed by atoms with Crippen LogP contribution in [0.5, 0.6) is 5.75 Å². The molecule has 0 radical (unpaired) electrons. The molecule has 1 amide bonds. The number of ether oxygens (including phenoxy) is 1. The van der Waals surface area contributed by atoms with Gasteiger partial charge in [-0.15, -0.1) is 0 Å². The Morgan fingerprint density at radius 2 is 1.81 bits per heavy atom. The van der Waals surface area contributed by atoms with Gasteiger partial charge < -0.3 is 14.5 Å². The molecule has 0 fully saturated rings. The zero-order valence-corrected chi connectivity index (χ0v) is 18.1. The van der Waals surface area contributed by atoms with Crippen molar-refractivity contribution < 1.29 is 23.1 Å². The second kappa shape index (κ2) is 8.85. The molecule has 4 aromatic rings. The zero-order valence-electron chi connectivity index (χ0n) is 17.4. The van der Waals surface area contributed by atoms with Crippen molar-refractivity contribution in [3.63, 3.8) is 0 Å². The Bertz CT molecular complexity index is 1350. The Balaban J connectivity index is 1.61. The number of fused-ring (bicyclic) bond motifs is 1. The molecule has 32 heavy (non-hydrogen) atoms. The van der Waals surface area contributed by atoms with E-state index in [1.165, 1.54) is 12.1 Å². The number of para-hydroxylation sites is 1. The van der Waals surface area contributed by atoms with Crippen molar-refractivity contribution in [3.05, 3.63) is 94.0 Å². The summed E-state index contributed by atoms with van der Waals surface area (Å²) in [6, 6.07) is 16.2. The molecular weight excluding hydrogens is 433 g/mol. The fourth-order valence-corrected chi connectivity index (χ4v) is 3.34. The molecule has 3 aromatic carbocycles. The molecule has 162 valence electrons. The topological polar surface area (TPSA) is 68.5 Å². The van der Waals surface area contributed by atoms with E-state index in [1.54, 1.807) is 49.4 Å². The first-order valence-electron chi connectivity index (χ1n) is 9.84. The minimum atomic E-state index is -0.537. The summed E-state index contributed by atoms with van der Waals surface area (Å²) in [5.74, 6) is -1.10. The number of hydrogen-bond donors (Lipinski definition) is 1. The van der Waals surface area contributed by atoms with Crippen LogP contribution in [0.3, 0.4) is 0 Å². The van der Waals surface area contributed by atoms with Crippen molar-refractivity contribution in [2.75, 3.05) is 11.9 Å². The SMILES string of the molecule is Cc1ccc(C(=O)c2oc3ccccc3c2NC(=O)COc2ccc(Cl)c(C)c2)cc1F. The molecule has 0 saturated heterocycles. The molecule has 0 spiro atoms. The fourth-order valence-electron chi connectivity index (χ4n) is 3.23. The van der Waals surface area contributed by atoms with E-state index in [9.17, 15) is 14.0 Å². The van der Waals surface area contributed by atoms with E-state index in [0.29, 0.717) is 27.3 Å². The van der Waals surface area contributed by atoms with Gasteiger partial charge in [-0.3, -0.25) is 9.59 Å². The number of hydrogen-bond acceptors (Lipinski definition) is 4. The third-order valence-corrected chi connectivity index (χ3v) is 5.42. The van der Waals surface area contributed by atoms with E-state index in [-0.39, 0.29) is 23.6 Å². The number of furan rings is 1. The number of nitrogens with one attached hydrogen (secondary N) is 1. The third kappa shape index (κ3) is 4.36. The lowest BCUT2D eigenvalue weighted by molar-refractivity contribution is -0.118. The maximum absolute atomic E-state index is 14.0. The maximum Gasteiger partial charge on any atom is 0.262 e. The average molecular weight is 452 g/mol. The minimum absolute atomic E-state index is 0.0786. The lowest BCUT2D eigenvalue weighted by Gasteiger charge is -2.09. The Labute approximate surface area is 188 Å². The first-order chi connectivity index (χ1) is 15.3. The monoisotopic (exact) mass is 451 g/mol. The molecular formula is C25H19ClFNO4. The van der Waals surface area contributed by atoms with Crippen molar-refractivity contribution in [2.24, 2.45) is 0 Å². The molecule has 0 aliphatic rings. The number of halogens is 2. The Kier molecular flexibility index (Phi) is 5.97. The van der Waals surface area contributed by atoms with E-state index >= 15 is 0 Å².